The van der Waals surface area contributed by atoms with E-state index in [9.17, 15) is 0 Å². The van der Waals surface area contributed by atoms with E-state index in [4.69, 9.17) is 32.7 Å². The average Bonchev–Trinajstić information content (AvgIpc) is 2.43. The molecule has 0 aliphatic heterocycles. The van der Waals surface area contributed by atoms with Crippen LogP contribution in [0.15, 0.2) is 18.3 Å². The molecule has 0 aliphatic carbocycles. The number of benzene rings is 1. The van der Waals surface area contributed by atoms with E-state index in [0.717, 1.165) is 5.56 Å². The molecule has 5 nitrogen and oxygen atoms in total. The Morgan fingerprint density at radius 2 is 1.80 bits per heavy atom. The molecule has 1 aromatic heterocycles. The van der Waals surface area contributed by atoms with Gasteiger partial charge < -0.3 is 14.8 Å². The number of aromatic nitrogens is 2. The lowest BCUT2D eigenvalue weighted by molar-refractivity contribution is 0.396. The van der Waals surface area contributed by atoms with E-state index in [1.807, 2.05) is 6.92 Å². The lowest BCUT2D eigenvalue weighted by Gasteiger charge is -2.14. The van der Waals surface area contributed by atoms with Crippen LogP contribution in [0.2, 0.25) is 10.3 Å². The van der Waals surface area contributed by atoms with Crippen molar-refractivity contribution in [1.29, 1.82) is 0 Å². The normalized spacial score (nSPS) is 10.2. The topological polar surface area (TPSA) is 56.3 Å². The second kappa shape index (κ2) is 6.15. The molecule has 0 radical (unpaired) electrons. The van der Waals surface area contributed by atoms with Gasteiger partial charge in [-0.3, -0.25) is 0 Å². The van der Waals surface area contributed by atoms with Gasteiger partial charge in [0, 0.05) is 17.8 Å². The van der Waals surface area contributed by atoms with E-state index in [1.54, 1.807) is 32.5 Å². The van der Waals surface area contributed by atoms with Gasteiger partial charge in [-0.15, -0.1) is 0 Å². The van der Waals surface area contributed by atoms with Crippen LogP contribution in [0.3, 0.4) is 0 Å². The Kier molecular flexibility index (Phi) is 4.52. The summed E-state index contributed by atoms with van der Waals surface area (Å²) in [5.41, 5.74) is 1.51. The van der Waals surface area contributed by atoms with Gasteiger partial charge in [0.05, 0.1) is 24.9 Å². The number of aryl methyl sites for hydroxylation is 1. The fraction of sp³-hybridized carbons (Fsp3) is 0.231. The number of anilines is 2. The average molecular weight is 314 g/mol. The summed E-state index contributed by atoms with van der Waals surface area (Å²) in [5, 5.41) is 3.75. The smallest absolute Gasteiger partial charge is 0.224 e. The molecule has 0 spiro atoms. The predicted molar refractivity (Wildman–Crippen MR) is 79.6 cm³/mol. The van der Waals surface area contributed by atoms with Crippen molar-refractivity contribution >= 4 is 34.7 Å². The van der Waals surface area contributed by atoms with Crippen LogP contribution in [-0.2, 0) is 0 Å². The Morgan fingerprint density at radius 1 is 1.10 bits per heavy atom. The summed E-state index contributed by atoms with van der Waals surface area (Å²) in [6.45, 7) is 1.87. The van der Waals surface area contributed by atoms with Gasteiger partial charge in [0.2, 0.25) is 5.28 Å². The van der Waals surface area contributed by atoms with Crippen LogP contribution >= 0.6 is 23.2 Å². The van der Waals surface area contributed by atoms with E-state index in [-0.39, 0.29) is 5.28 Å². The van der Waals surface area contributed by atoms with Crippen molar-refractivity contribution in [3.63, 3.8) is 0 Å². The van der Waals surface area contributed by atoms with E-state index in [0.29, 0.717) is 28.0 Å². The lowest BCUT2D eigenvalue weighted by atomic mass is 10.2. The molecule has 1 N–H and O–H groups in total. The zero-order valence-electron chi connectivity index (χ0n) is 11.2. The summed E-state index contributed by atoms with van der Waals surface area (Å²) in [6, 6.07) is 3.40. The molecule has 0 saturated carbocycles. The van der Waals surface area contributed by atoms with Gasteiger partial charge >= 0.3 is 0 Å². The van der Waals surface area contributed by atoms with Gasteiger partial charge in [-0.2, -0.15) is 0 Å². The second-order valence-electron chi connectivity index (χ2n) is 3.98. The Labute approximate surface area is 126 Å². The van der Waals surface area contributed by atoms with Crippen LogP contribution < -0.4 is 14.8 Å². The molecule has 1 aromatic carbocycles. The van der Waals surface area contributed by atoms with E-state index in [2.05, 4.69) is 15.3 Å². The molecular weight excluding hydrogens is 301 g/mol. The standard InChI is InChI=1S/C13H13Cl2N3O2/c1-7-6-16-13(15)18-12(7)17-9-4-8(14)10(19-2)5-11(9)20-3/h4-6H,1-3H3,(H,16,17,18). The van der Waals surface area contributed by atoms with E-state index >= 15 is 0 Å². The number of hydrogen-bond donors (Lipinski definition) is 1. The number of nitrogens with zero attached hydrogens (tertiary/aromatic N) is 2. The van der Waals surface area contributed by atoms with Gasteiger partial charge in [-0.05, 0) is 24.6 Å². The quantitative estimate of drug-likeness (QED) is 0.869. The Balaban J connectivity index is 2.42. The highest BCUT2D eigenvalue weighted by atomic mass is 35.5. The highest BCUT2D eigenvalue weighted by Gasteiger charge is 2.12. The first kappa shape index (κ1) is 14.7. The molecular formula is C13H13Cl2N3O2. The highest BCUT2D eigenvalue weighted by molar-refractivity contribution is 6.32. The third-order valence-corrected chi connectivity index (χ3v) is 3.15. The SMILES string of the molecule is COc1cc(OC)c(Nc2nc(Cl)ncc2C)cc1Cl. The molecule has 0 aliphatic rings. The van der Waals surface area contributed by atoms with Crippen molar-refractivity contribution in [1.82, 2.24) is 9.97 Å². The minimum atomic E-state index is 0.164. The minimum Gasteiger partial charge on any atom is -0.495 e. The Morgan fingerprint density at radius 3 is 2.45 bits per heavy atom. The summed E-state index contributed by atoms with van der Waals surface area (Å²) in [6.07, 6.45) is 1.63. The third-order valence-electron chi connectivity index (χ3n) is 2.67. The minimum absolute atomic E-state index is 0.164. The van der Waals surface area contributed by atoms with Crippen LogP contribution in [0.1, 0.15) is 5.56 Å². The van der Waals surface area contributed by atoms with Gasteiger partial charge in [-0.25, -0.2) is 9.97 Å². The number of methoxy groups -OCH3 is 2. The van der Waals surface area contributed by atoms with Gasteiger partial charge in [0.25, 0.3) is 0 Å². The first-order valence-corrected chi connectivity index (χ1v) is 6.48. The van der Waals surface area contributed by atoms with Crippen LogP contribution in [0.4, 0.5) is 11.5 Å². The summed E-state index contributed by atoms with van der Waals surface area (Å²) in [5.74, 6) is 1.71. The van der Waals surface area contributed by atoms with Crippen LogP contribution in [0.5, 0.6) is 11.5 Å². The molecule has 0 atom stereocenters. The molecule has 0 saturated heterocycles. The van der Waals surface area contributed by atoms with E-state index in [1.165, 1.54) is 0 Å². The van der Waals surface area contributed by atoms with Gasteiger partial charge in [0.15, 0.2) is 0 Å². The summed E-state index contributed by atoms with van der Waals surface area (Å²) >= 11 is 11.9. The monoisotopic (exact) mass is 313 g/mol. The number of nitrogens with one attached hydrogen (secondary N) is 1. The molecule has 106 valence electrons. The molecule has 2 rings (SSSR count). The molecule has 7 heteroatoms. The molecule has 1 heterocycles. The summed E-state index contributed by atoms with van der Waals surface area (Å²) in [7, 11) is 3.11. The fourth-order valence-corrected chi connectivity index (χ4v) is 2.01. The van der Waals surface area contributed by atoms with Crippen LogP contribution in [0.25, 0.3) is 0 Å². The van der Waals surface area contributed by atoms with Crippen molar-refractivity contribution in [2.75, 3.05) is 19.5 Å². The van der Waals surface area contributed by atoms with Crippen molar-refractivity contribution in [2.24, 2.45) is 0 Å². The first-order valence-electron chi connectivity index (χ1n) is 5.73. The number of rotatable bonds is 4. The van der Waals surface area contributed by atoms with Crippen molar-refractivity contribution in [2.45, 2.75) is 6.92 Å². The van der Waals surface area contributed by atoms with Crippen LogP contribution in [0, 0.1) is 6.92 Å². The number of halogens is 2. The van der Waals surface area contributed by atoms with Crippen molar-refractivity contribution < 1.29 is 9.47 Å². The maximum atomic E-state index is 6.12. The first-order chi connectivity index (χ1) is 9.55. The van der Waals surface area contributed by atoms with Gasteiger partial charge in [-0.1, -0.05) is 11.6 Å². The summed E-state index contributed by atoms with van der Waals surface area (Å²) in [4.78, 5) is 8.03. The number of ether oxygens (including phenoxy) is 2. The lowest BCUT2D eigenvalue weighted by Crippen LogP contribution is -2.00. The zero-order chi connectivity index (χ0) is 14.7. The second-order valence-corrected chi connectivity index (χ2v) is 4.73. The van der Waals surface area contributed by atoms with Crippen LogP contribution in [-0.4, -0.2) is 24.2 Å². The fourth-order valence-electron chi connectivity index (χ4n) is 1.63. The predicted octanol–water partition coefficient (Wildman–Crippen LogP) is 3.85. The van der Waals surface area contributed by atoms with E-state index < -0.39 is 0 Å². The molecule has 2 aromatic rings. The highest BCUT2D eigenvalue weighted by Crippen LogP contribution is 2.37. The molecule has 20 heavy (non-hydrogen) atoms. The third kappa shape index (κ3) is 3.05. The van der Waals surface area contributed by atoms with Crippen molar-refractivity contribution in [3.8, 4) is 11.5 Å². The summed E-state index contributed by atoms with van der Waals surface area (Å²) < 4.78 is 10.5. The van der Waals surface area contributed by atoms with Gasteiger partial charge in [0.1, 0.15) is 17.3 Å². The number of hydrogen-bond acceptors (Lipinski definition) is 5. The molecule has 0 amide bonds. The molecule has 0 bridgehead atoms. The Bertz CT molecular complexity index is 635. The largest absolute Gasteiger partial charge is 0.495 e. The molecule has 0 unspecified atom stereocenters. The molecule has 0 fully saturated rings. The Hall–Kier alpha value is -1.72. The zero-order valence-corrected chi connectivity index (χ0v) is 12.7. The maximum absolute atomic E-state index is 6.12. The maximum Gasteiger partial charge on any atom is 0.224 e. The van der Waals surface area contributed by atoms with Crippen molar-refractivity contribution in [3.05, 3.63) is 34.2 Å².